The quantitative estimate of drug-likeness (QED) is 0.653. The number of hydrogen-bond donors (Lipinski definition) is 1. The molecule has 0 saturated carbocycles. The van der Waals surface area contributed by atoms with Crippen molar-refractivity contribution < 1.29 is 19.2 Å². The van der Waals surface area contributed by atoms with E-state index in [-0.39, 0.29) is 18.0 Å². The summed E-state index contributed by atoms with van der Waals surface area (Å²) in [5.74, 6) is 0.424. The van der Waals surface area contributed by atoms with E-state index in [1.54, 1.807) is 37.3 Å². The molecule has 0 aliphatic carbocycles. The third kappa shape index (κ3) is 4.19. The molecule has 0 spiro atoms. The van der Waals surface area contributed by atoms with Crippen molar-refractivity contribution in [1.82, 2.24) is 0 Å². The summed E-state index contributed by atoms with van der Waals surface area (Å²) in [6.07, 6.45) is 0. The molecule has 7 nitrogen and oxygen atoms in total. The zero-order valence-electron chi connectivity index (χ0n) is 12.7. The average Bonchev–Trinajstić information content (AvgIpc) is 2.54. The first-order chi connectivity index (χ1) is 11.0. The number of carbonyl (C=O) groups is 1. The average molecular weight is 316 g/mol. The first kappa shape index (κ1) is 16.3. The molecule has 120 valence electrons. The lowest BCUT2D eigenvalue weighted by Gasteiger charge is -2.10. The van der Waals surface area contributed by atoms with Gasteiger partial charge < -0.3 is 14.8 Å². The van der Waals surface area contributed by atoms with Gasteiger partial charge in [-0.3, -0.25) is 14.9 Å². The first-order valence-corrected chi connectivity index (χ1v) is 6.82. The van der Waals surface area contributed by atoms with Gasteiger partial charge in [0.2, 0.25) is 0 Å². The second kappa shape index (κ2) is 7.26. The molecule has 23 heavy (non-hydrogen) atoms. The van der Waals surface area contributed by atoms with Crippen LogP contribution in [-0.4, -0.2) is 24.5 Å². The number of hydrogen-bond acceptors (Lipinski definition) is 5. The number of rotatable bonds is 6. The van der Waals surface area contributed by atoms with Crippen LogP contribution in [0, 0.1) is 17.0 Å². The van der Waals surface area contributed by atoms with E-state index in [0.717, 1.165) is 5.56 Å². The maximum absolute atomic E-state index is 11.9. The van der Waals surface area contributed by atoms with Gasteiger partial charge in [-0.05, 0) is 30.7 Å². The summed E-state index contributed by atoms with van der Waals surface area (Å²) < 4.78 is 10.5. The Morgan fingerprint density at radius 1 is 1.22 bits per heavy atom. The lowest BCUT2D eigenvalue weighted by molar-refractivity contribution is -0.384. The van der Waals surface area contributed by atoms with E-state index in [0.29, 0.717) is 11.5 Å². The number of ether oxygens (including phenoxy) is 2. The van der Waals surface area contributed by atoms with Gasteiger partial charge in [-0.15, -0.1) is 0 Å². The van der Waals surface area contributed by atoms with Crippen molar-refractivity contribution >= 4 is 17.3 Å². The molecule has 0 aromatic heterocycles. The molecule has 0 atom stereocenters. The van der Waals surface area contributed by atoms with E-state index >= 15 is 0 Å². The van der Waals surface area contributed by atoms with Gasteiger partial charge in [0.15, 0.2) is 18.1 Å². The van der Waals surface area contributed by atoms with E-state index in [4.69, 9.17) is 9.47 Å². The molecule has 0 bridgehead atoms. The highest BCUT2D eigenvalue weighted by Gasteiger charge is 2.16. The van der Waals surface area contributed by atoms with E-state index in [2.05, 4.69) is 5.32 Å². The van der Waals surface area contributed by atoms with Crippen LogP contribution in [0.4, 0.5) is 11.4 Å². The van der Waals surface area contributed by atoms with Crippen LogP contribution in [0.1, 0.15) is 5.56 Å². The van der Waals surface area contributed by atoms with Crippen molar-refractivity contribution in [2.24, 2.45) is 0 Å². The van der Waals surface area contributed by atoms with Crippen LogP contribution in [0.2, 0.25) is 0 Å². The molecule has 2 aromatic rings. The molecule has 0 aliphatic rings. The lowest BCUT2D eigenvalue weighted by Crippen LogP contribution is -2.21. The number of anilines is 1. The fourth-order valence-corrected chi connectivity index (χ4v) is 1.97. The molecule has 0 unspecified atom stereocenters. The van der Waals surface area contributed by atoms with Crippen LogP contribution < -0.4 is 14.8 Å². The van der Waals surface area contributed by atoms with Crippen molar-refractivity contribution in [3.8, 4) is 11.5 Å². The van der Waals surface area contributed by atoms with Gasteiger partial charge in [-0.2, -0.15) is 0 Å². The summed E-state index contributed by atoms with van der Waals surface area (Å²) in [6.45, 7) is 1.45. The SMILES string of the molecule is COc1ccccc1OCC(=O)Nc1ccc(C)cc1[N+](=O)[O-]. The normalized spacial score (nSPS) is 10.0. The summed E-state index contributed by atoms with van der Waals surface area (Å²) in [5, 5.41) is 13.5. The number of nitrogens with one attached hydrogen (secondary N) is 1. The minimum atomic E-state index is -0.538. The van der Waals surface area contributed by atoms with E-state index < -0.39 is 10.8 Å². The van der Waals surface area contributed by atoms with Gasteiger partial charge in [-0.25, -0.2) is 0 Å². The Labute approximate surface area is 133 Å². The van der Waals surface area contributed by atoms with E-state index in [9.17, 15) is 14.9 Å². The number of benzene rings is 2. The molecule has 1 amide bonds. The van der Waals surface area contributed by atoms with Crippen LogP contribution in [0.3, 0.4) is 0 Å². The van der Waals surface area contributed by atoms with Crippen molar-refractivity contribution in [3.63, 3.8) is 0 Å². The topological polar surface area (TPSA) is 90.7 Å². The number of carbonyl (C=O) groups excluding carboxylic acids is 1. The standard InChI is InChI=1S/C16H16N2O5/c1-11-7-8-12(13(9-11)18(20)21)17-16(19)10-23-15-6-4-3-5-14(15)22-2/h3-9H,10H2,1-2H3,(H,17,19). The molecular weight excluding hydrogens is 300 g/mol. The zero-order chi connectivity index (χ0) is 16.8. The lowest BCUT2D eigenvalue weighted by atomic mass is 10.2. The van der Waals surface area contributed by atoms with Crippen LogP contribution in [0.5, 0.6) is 11.5 Å². The van der Waals surface area contributed by atoms with E-state index in [1.165, 1.54) is 19.2 Å². The molecule has 0 heterocycles. The van der Waals surface area contributed by atoms with Gasteiger partial charge >= 0.3 is 0 Å². The predicted molar refractivity (Wildman–Crippen MR) is 85.0 cm³/mol. The number of amides is 1. The minimum Gasteiger partial charge on any atom is -0.493 e. The summed E-state index contributed by atoms with van der Waals surface area (Å²) in [5.41, 5.74) is 0.713. The number of para-hydroxylation sites is 2. The Morgan fingerprint density at radius 3 is 2.57 bits per heavy atom. The van der Waals surface area contributed by atoms with Gasteiger partial charge in [0.25, 0.3) is 11.6 Å². The fourth-order valence-electron chi connectivity index (χ4n) is 1.97. The highest BCUT2D eigenvalue weighted by atomic mass is 16.6. The third-order valence-electron chi connectivity index (χ3n) is 3.05. The van der Waals surface area contributed by atoms with Gasteiger partial charge in [0.1, 0.15) is 5.69 Å². The maximum atomic E-state index is 11.9. The molecule has 2 rings (SSSR count). The molecular formula is C16H16N2O5. The number of nitro groups is 1. The van der Waals surface area contributed by atoms with Crippen LogP contribution in [0.15, 0.2) is 42.5 Å². The maximum Gasteiger partial charge on any atom is 0.293 e. The molecule has 7 heteroatoms. The number of methoxy groups -OCH3 is 1. The second-order valence-corrected chi connectivity index (χ2v) is 4.77. The second-order valence-electron chi connectivity index (χ2n) is 4.77. The molecule has 0 fully saturated rings. The van der Waals surface area contributed by atoms with Gasteiger partial charge in [-0.1, -0.05) is 18.2 Å². The summed E-state index contributed by atoms with van der Waals surface area (Å²) >= 11 is 0. The summed E-state index contributed by atoms with van der Waals surface area (Å²) in [7, 11) is 1.50. The third-order valence-corrected chi connectivity index (χ3v) is 3.05. The minimum absolute atomic E-state index is 0.134. The van der Waals surface area contributed by atoms with Crippen molar-refractivity contribution in [3.05, 3.63) is 58.1 Å². The first-order valence-electron chi connectivity index (χ1n) is 6.82. The largest absolute Gasteiger partial charge is 0.493 e. The highest BCUT2D eigenvalue weighted by molar-refractivity contribution is 5.94. The van der Waals surface area contributed by atoms with Crippen molar-refractivity contribution in [2.75, 3.05) is 19.0 Å². The van der Waals surface area contributed by atoms with Gasteiger partial charge in [0.05, 0.1) is 12.0 Å². The number of aryl methyl sites for hydroxylation is 1. The van der Waals surface area contributed by atoms with Gasteiger partial charge in [0, 0.05) is 6.07 Å². The van der Waals surface area contributed by atoms with Crippen LogP contribution >= 0.6 is 0 Å². The fraction of sp³-hybridized carbons (Fsp3) is 0.188. The smallest absolute Gasteiger partial charge is 0.293 e. The van der Waals surface area contributed by atoms with Crippen LogP contribution in [0.25, 0.3) is 0 Å². The van der Waals surface area contributed by atoms with Crippen molar-refractivity contribution in [2.45, 2.75) is 6.92 Å². The zero-order valence-corrected chi connectivity index (χ0v) is 12.7. The monoisotopic (exact) mass is 316 g/mol. The molecule has 2 aromatic carbocycles. The Hall–Kier alpha value is -3.09. The molecule has 1 N–H and O–H groups in total. The van der Waals surface area contributed by atoms with Crippen LogP contribution in [-0.2, 0) is 4.79 Å². The number of nitrogens with zero attached hydrogens (tertiary/aromatic N) is 1. The van der Waals surface area contributed by atoms with Crippen molar-refractivity contribution in [1.29, 1.82) is 0 Å². The predicted octanol–water partition coefficient (Wildman–Crippen LogP) is 2.93. The Balaban J connectivity index is 2.04. The van der Waals surface area contributed by atoms with E-state index in [1.807, 2.05) is 0 Å². The summed E-state index contributed by atoms with van der Waals surface area (Å²) in [4.78, 5) is 22.4. The molecule has 0 saturated heterocycles. The molecule has 0 aliphatic heterocycles. The summed E-state index contributed by atoms with van der Waals surface area (Å²) in [6, 6.07) is 11.5. The Kier molecular flexibility index (Phi) is 5.14. The Morgan fingerprint density at radius 2 is 1.91 bits per heavy atom. The Bertz CT molecular complexity index is 730. The molecule has 0 radical (unpaired) electrons. The highest BCUT2D eigenvalue weighted by Crippen LogP contribution is 2.27. The number of nitro benzene ring substituents is 1.